The third-order valence-corrected chi connectivity index (χ3v) is 6.26. The Kier molecular flexibility index (Phi) is 11.6. The lowest BCUT2D eigenvalue weighted by Gasteiger charge is -2.27. The highest BCUT2D eigenvalue weighted by atomic mass is 35.5. The summed E-state index contributed by atoms with van der Waals surface area (Å²) < 4.78 is 74.3. The van der Waals surface area contributed by atoms with Gasteiger partial charge in [0.05, 0.1) is 19.6 Å². The molecule has 0 radical (unpaired) electrons. The van der Waals surface area contributed by atoms with Crippen LogP contribution in [0.1, 0.15) is 37.4 Å². The number of halogens is 6. The second-order valence-corrected chi connectivity index (χ2v) is 10.0. The first-order valence-electron chi connectivity index (χ1n) is 12.5. The minimum atomic E-state index is -5.30. The van der Waals surface area contributed by atoms with Gasteiger partial charge in [0.15, 0.2) is 0 Å². The summed E-state index contributed by atoms with van der Waals surface area (Å²) in [6.07, 6.45) is -6.30. The van der Waals surface area contributed by atoms with Crippen LogP contribution in [0.25, 0.3) is 0 Å². The number of benzene rings is 2. The largest absolute Gasteiger partial charge is 0.497 e. The molecule has 0 aliphatic rings. The van der Waals surface area contributed by atoms with Gasteiger partial charge >= 0.3 is 12.1 Å². The highest BCUT2D eigenvalue weighted by molar-refractivity contribution is 6.30. The zero-order valence-corrected chi connectivity index (χ0v) is 23.7. The molecular formula is C27H28ClF5N4O6. The summed E-state index contributed by atoms with van der Waals surface area (Å²) in [4.78, 5) is 62.6. The van der Waals surface area contributed by atoms with Crippen molar-refractivity contribution in [3.8, 4) is 5.75 Å². The summed E-state index contributed by atoms with van der Waals surface area (Å²) in [6.45, 7) is 2.49. The van der Waals surface area contributed by atoms with Gasteiger partial charge in [-0.2, -0.15) is 22.0 Å². The van der Waals surface area contributed by atoms with Gasteiger partial charge in [-0.05, 0) is 35.7 Å². The molecule has 0 spiro atoms. The molecule has 0 aliphatic heterocycles. The van der Waals surface area contributed by atoms with Crippen LogP contribution in [0.4, 0.5) is 22.0 Å². The van der Waals surface area contributed by atoms with Gasteiger partial charge in [-0.25, -0.2) is 0 Å². The average molecular weight is 635 g/mol. The van der Waals surface area contributed by atoms with Crippen molar-refractivity contribution in [2.24, 2.45) is 11.7 Å². The maximum absolute atomic E-state index is 14.9. The van der Waals surface area contributed by atoms with E-state index in [1.54, 1.807) is 5.32 Å². The van der Waals surface area contributed by atoms with Crippen LogP contribution in [0.5, 0.6) is 5.75 Å². The molecule has 0 aromatic heterocycles. The van der Waals surface area contributed by atoms with E-state index in [4.69, 9.17) is 22.1 Å². The number of primary amides is 1. The third kappa shape index (κ3) is 9.36. The SMILES string of the molecule is COc1ccc(C(NC(=O)C(CC(N)=O)NC(=O)C(F)(F)c2cccc(Cl)c2)C(=O)NC(C(=O)C(F)(F)F)C(C)C)cc1. The highest BCUT2D eigenvalue weighted by Crippen LogP contribution is 2.30. The molecule has 2 aromatic rings. The molecule has 0 fully saturated rings. The maximum atomic E-state index is 14.9. The fraction of sp³-hybridized carbons (Fsp3) is 0.370. The Labute approximate surface area is 247 Å². The first kappa shape index (κ1) is 34.9. The Bertz CT molecular complexity index is 1350. The van der Waals surface area contributed by atoms with Crippen molar-refractivity contribution in [1.82, 2.24) is 16.0 Å². The van der Waals surface area contributed by atoms with E-state index in [1.807, 2.05) is 5.32 Å². The number of nitrogens with one attached hydrogen (secondary N) is 3. The predicted molar refractivity (Wildman–Crippen MR) is 143 cm³/mol. The van der Waals surface area contributed by atoms with Crippen molar-refractivity contribution >= 4 is 41.0 Å². The number of alkyl halides is 5. The van der Waals surface area contributed by atoms with E-state index in [2.05, 4.69) is 5.32 Å². The van der Waals surface area contributed by atoms with Gasteiger partial charge in [0, 0.05) is 10.6 Å². The molecule has 5 N–H and O–H groups in total. The van der Waals surface area contributed by atoms with Crippen molar-refractivity contribution in [1.29, 1.82) is 0 Å². The summed E-state index contributed by atoms with van der Waals surface area (Å²) in [5.41, 5.74) is 4.27. The van der Waals surface area contributed by atoms with Crippen molar-refractivity contribution in [2.75, 3.05) is 7.11 Å². The third-order valence-electron chi connectivity index (χ3n) is 6.02. The van der Waals surface area contributed by atoms with E-state index in [-0.39, 0.29) is 10.6 Å². The zero-order valence-electron chi connectivity index (χ0n) is 22.9. The zero-order chi connectivity index (χ0) is 32.7. The lowest BCUT2D eigenvalue weighted by molar-refractivity contribution is -0.175. The number of carbonyl (C=O) groups excluding carboxylic acids is 5. The number of carbonyl (C=O) groups is 5. The fourth-order valence-electron chi connectivity index (χ4n) is 3.76. The minimum absolute atomic E-state index is 0.0398. The number of hydrogen-bond donors (Lipinski definition) is 4. The van der Waals surface area contributed by atoms with Crippen LogP contribution in [0.2, 0.25) is 5.02 Å². The molecule has 0 bridgehead atoms. The number of rotatable bonds is 13. The standard InChI is InChI=1S/C27H28ClF5N4O6/c1-13(2)20(22(39)27(31,32)33)36-24(41)21(14-7-9-17(43-3)10-8-14)37-23(40)18(12-19(34)38)35-25(42)26(29,30)15-5-4-6-16(28)11-15/h4-11,13,18,20-21H,12H2,1-3H3,(H2,34,38)(H,35,42)(H,36,41)(H,37,40). The van der Waals surface area contributed by atoms with Crippen LogP contribution >= 0.6 is 11.6 Å². The predicted octanol–water partition coefficient (Wildman–Crippen LogP) is 2.93. The summed E-state index contributed by atoms with van der Waals surface area (Å²) in [5, 5.41) is 5.69. The Morgan fingerprint density at radius 3 is 2.00 bits per heavy atom. The lowest BCUT2D eigenvalue weighted by atomic mass is 9.97. The van der Waals surface area contributed by atoms with Crippen molar-refractivity contribution in [2.45, 2.75) is 50.5 Å². The number of amides is 4. The van der Waals surface area contributed by atoms with Gasteiger partial charge < -0.3 is 26.4 Å². The van der Waals surface area contributed by atoms with Crippen LogP contribution in [0, 0.1) is 5.92 Å². The van der Waals surface area contributed by atoms with Crippen LogP contribution in [0.15, 0.2) is 48.5 Å². The lowest BCUT2D eigenvalue weighted by Crippen LogP contribution is -2.56. The number of methoxy groups -OCH3 is 1. The molecule has 43 heavy (non-hydrogen) atoms. The molecule has 234 valence electrons. The number of hydrogen-bond acceptors (Lipinski definition) is 6. The molecule has 4 amide bonds. The van der Waals surface area contributed by atoms with E-state index in [0.29, 0.717) is 5.75 Å². The molecule has 16 heteroatoms. The molecule has 3 unspecified atom stereocenters. The summed E-state index contributed by atoms with van der Waals surface area (Å²) >= 11 is 5.73. The second-order valence-electron chi connectivity index (χ2n) is 9.59. The monoisotopic (exact) mass is 634 g/mol. The molecule has 2 aromatic carbocycles. The van der Waals surface area contributed by atoms with Crippen molar-refractivity contribution in [3.05, 3.63) is 64.7 Å². The molecule has 0 aliphatic carbocycles. The van der Waals surface area contributed by atoms with Crippen LogP contribution in [-0.4, -0.2) is 54.8 Å². The Morgan fingerprint density at radius 2 is 1.51 bits per heavy atom. The molecular weight excluding hydrogens is 607 g/mol. The summed E-state index contributed by atoms with van der Waals surface area (Å²) in [5.74, 6) is -13.1. The van der Waals surface area contributed by atoms with E-state index in [0.717, 1.165) is 18.2 Å². The van der Waals surface area contributed by atoms with Crippen LogP contribution in [-0.2, 0) is 29.9 Å². The fourth-order valence-corrected chi connectivity index (χ4v) is 3.95. The Balaban J connectivity index is 2.43. The summed E-state index contributed by atoms with van der Waals surface area (Å²) in [6, 6.07) is 3.40. The second kappa shape index (κ2) is 14.3. The molecule has 3 atom stereocenters. The molecule has 0 saturated carbocycles. The van der Waals surface area contributed by atoms with Crippen molar-refractivity contribution < 1.29 is 50.7 Å². The van der Waals surface area contributed by atoms with E-state index < -0.39 is 77.5 Å². The molecule has 10 nitrogen and oxygen atoms in total. The van der Waals surface area contributed by atoms with Gasteiger partial charge in [0.25, 0.3) is 11.7 Å². The normalized spacial score (nSPS) is 13.8. The average Bonchev–Trinajstić information content (AvgIpc) is 2.92. The van der Waals surface area contributed by atoms with Gasteiger partial charge in [0.1, 0.15) is 17.8 Å². The molecule has 0 saturated heterocycles. The van der Waals surface area contributed by atoms with Gasteiger partial charge in [-0.3, -0.25) is 24.0 Å². The first-order chi connectivity index (χ1) is 19.9. The minimum Gasteiger partial charge on any atom is -0.497 e. The number of ether oxygens (including phenoxy) is 1. The Morgan fingerprint density at radius 1 is 0.907 bits per heavy atom. The van der Waals surface area contributed by atoms with Crippen molar-refractivity contribution in [3.63, 3.8) is 0 Å². The van der Waals surface area contributed by atoms with Gasteiger partial charge in [-0.1, -0.05) is 49.7 Å². The van der Waals surface area contributed by atoms with E-state index in [9.17, 15) is 45.9 Å². The van der Waals surface area contributed by atoms with Crippen LogP contribution < -0.4 is 26.4 Å². The summed E-state index contributed by atoms with van der Waals surface area (Å²) in [7, 11) is 1.33. The number of ketones is 1. The number of Topliss-reactive ketones (excluding diaryl/α,β-unsaturated/α-hetero) is 1. The maximum Gasteiger partial charge on any atom is 0.452 e. The quantitative estimate of drug-likeness (QED) is 0.248. The van der Waals surface area contributed by atoms with E-state index >= 15 is 0 Å². The molecule has 0 heterocycles. The number of nitrogens with two attached hydrogens (primary N) is 1. The van der Waals surface area contributed by atoms with Crippen LogP contribution in [0.3, 0.4) is 0 Å². The Hall–Kier alpha value is -4.27. The van der Waals surface area contributed by atoms with Gasteiger partial charge in [-0.15, -0.1) is 0 Å². The van der Waals surface area contributed by atoms with Gasteiger partial charge in [0.2, 0.25) is 17.7 Å². The smallest absolute Gasteiger partial charge is 0.452 e. The highest BCUT2D eigenvalue weighted by Gasteiger charge is 2.46. The molecule has 2 rings (SSSR count). The van der Waals surface area contributed by atoms with E-state index in [1.165, 1.54) is 51.3 Å². The first-order valence-corrected chi connectivity index (χ1v) is 12.8. The topological polar surface area (TPSA) is 157 Å².